The lowest BCUT2D eigenvalue weighted by atomic mass is 9.74. The zero-order chi connectivity index (χ0) is 15.1. The van der Waals surface area contributed by atoms with E-state index in [9.17, 15) is 13.2 Å². The van der Waals surface area contributed by atoms with Gasteiger partial charge in [0.15, 0.2) is 0 Å². The van der Waals surface area contributed by atoms with Crippen molar-refractivity contribution >= 4 is 0 Å². The van der Waals surface area contributed by atoms with Crippen LogP contribution in [0.25, 0.3) is 0 Å². The molecular weight excluding hydrogens is 265 g/mol. The van der Waals surface area contributed by atoms with E-state index in [4.69, 9.17) is 5.73 Å². The maximum absolute atomic E-state index is 12.3. The highest BCUT2D eigenvalue weighted by Gasteiger charge is 2.33. The Morgan fingerprint density at radius 1 is 1.40 bits per heavy atom. The third-order valence-electron chi connectivity index (χ3n) is 4.11. The summed E-state index contributed by atoms with van der Waals surface area (Å²) in [6.07, 6.45) is -2.87. The van der Waals surface area contributed by atoms with Crippen LogP contribution in [0.5, 0.6) is 0 Å². The van der Waals surface area contributed by atoms with Gasteiger partial charge in [0.2, 0.25) is 0 Å². The van der Waals surface area contributed by atoms with Crippen LogP contribution >= 0.6 is 0 Å². The predicted molar refractivity (Wildman–Crippen MR) is 73.5 cm³/mol. The van der Waals surface area contributed by atoms with Crippen molar-refractivity contribution in [2.24, 2.45) is 11.1 Å². The summed E-state index contributed by atoms with van der Waals surface area (Å²) in [4.78, 5) is 0. The lowest BCUT2D eigenvalue weighted by Gasteiger charge is -2.34. The summed E-state index contributed by atoms with van der Waals surface area (Å²) in [6.45, 7) is 6.70. The molecule has 20 heavy (non-hydrogen) atoms. The molecule has 1 atom stereocenters. The maximum Gasteiger partial charge on any atom is 0.389 e. The summed E-state index contributed by atoms with van der Waals surface area (Å²) in [5, 5.41) is 0. The molecule has 1 unspecified atom stereocenters. The van der Waals surface area contributed by atoms with Crippen molar-refractivity contribution in [1.29, 1.82) is 0 Å². The normalized spacial score (nSPS) is 21.9. The van der Waals surface area contributed by atoms with Crippen LogP contribution < -0.4 is 5.73 Å². The Kier molecular flexibility index (Phi) is 3.93. The molecule has 114 valence electrons. The van der Waals surface area contributed by atoms with E-state index in [1.807, 2.05) is 17.6 Å². The number of aromatic nitrogens is 1. The summed E-state index contributed by atoms with van der Waals surface area (Å²) in [5.41, 5.74) is 9.59. The first-order valence-corrected chi connectivity index (χ1v) is 7.10. The first-order chi connectivity index (χ1) is 9.09. The molecule has 0 radical (unpaired) electrons. The molecule has 0 aliphatic heterocycles. The smallest absolute Gasteiger partial charge is 0.349 e. The van der Waals surface area contributed by atoms with Gasteiger partial charge in [-0.1, -0.05) is 13.8 Å². The average Bonchev–Trinajstić information content (AvgIpc) is 2.54. The quantitative estimate of drug-likeness (QED) is 0.891. The van der Waals surface area contributed by atoms with Gasteiger partial charge < -0.3 is 10.3 Å². The Bertz CT molecular complexity index is 486. The number of aryl methyl sites for hydroxylation is 1. The number of hydrogen-bond acceptors (Lipinski definition) is 1. The van der Waals surface area contributed by atoms with Gasteiger partial charge in [0.1, 0.15) is 0 Å². The minimum atomic E-state index is -4.07. The SMILES string of the molecule is Cc1cc2c(n1CCCC(F)(F)F)CC(C)(C)CC2N. The van der Waals surface area contributed by atoms with Crippen LogP contribution in [0.2, 0.25) is 0 Å². The molecule has 0 amide bonds. The van der Waals surface area contributed by atoms with Gasteiger partial charge in [0, 0.05) is 30.4 Å². The van der Waals surface area contributed by atoms with Gasteiger partial charge in [-0.25, -0.2) is 0 Å². The van der Waals surface area contributed by atoms with E-state index < -0.39 is 12.6 Å². The Morgan fingerprint density at radius 3 is 2.65 bits per heavy atom. The highest BCUT2D eigenvalue weighted by molar-refractivity contribution is 5.34. The van der Waals surface area contributed by atoms with Crippen LogP contribution in [-0.2, 0) is 13.0 Å². The minimum absolute atomic E-state index is 0.00341. The number of hydrogen-bond donors (Lipinski definition) is 1. The topological polar surface area (TPSA) is 30.9 Å². The van der Waals surface area contributed by atoms with E-state index in [0.717, 1.165) is 29.8 Å². The number of nitrogens with two attached hydrogens (primary N) is 1. The van der Waals surface area contributed by atoms with Crippen LogP contribution in [-0.4, -0.2) is 10.7 Å². The Balaban J connectivity index is 2.19. The average molecular weight is 288 g/mol. The molecule has 0 aromatic carbocycles. The van der Waals surface area contributed by atoms with E-state index >= 15 is 0 Å². The van der Waals surface area contributed by atoms with Crippen LogP contribution in [0.3, 0.4) is 0 Å². The van der Waals surface area contributed by atoms with Gasteiger partial charge in [-0.2, -0.15) is 13.2 Å². The Labute approximate surface area is 118 Å². The summed E-state index contributed by atoms with van der Waals surface area (Å²) in [5.74, 6) is 0. The molecule has 0 saturated carbocycles. The molecule has 5 heteroatoms. The fourth-order valence-electron chi connectivity index (χ4n) is 3.25. The molecular formula is C15H23F3N2. The van der Waals surface area contributed by atoms with Crippen molar-refractivity contribution in [2.45, 2.75) is 65.2 Å². The van der Waals surface area contributed by atoms with E-state index in [-0.39, 0.29) is 17.9 Å². The predicted octanol–water partition coefficient (Wildman–Crippen LogP) is 4.11. The van der Waals surface area contributed by atoms with Crippen LogP contribution in [0.1, 0.15) is 56.1 Å². The van der Waals surface area contributed by atoms with Gasteiger partial charge in [-0.3, -0.25) is 0 Å². The number of halogens is 3. The number of alkyl halides is 3. The first kappa shape index (κ1) is 15.4. The summed E-state index contributed by atoms with van der Waals surface area (Å²) in [6, 6.07) is 2.04. The second kappa shape index (κ2) is 5.10. The number of fused-ring (bicyclic) bond motifs is 1. The lowest BCUT2D eigenvalue weighted by Crippen LogP contribution is -2.30. The Morgan fingerprint density at radius 2 is 2.05 bits per heavy atom. The molecule has 1 aliphatic rings. The first-order valence-electron chi connectivity index (χ1n) is 7.10. The van der Waals surface area contributed by atoms with E-state index in [0.29, 0.717) is 6.54 Å². The van der Waals surface area contributed by atoms with Gasteiger partial charge >= 0.3 is 6.18 Å². The van der Waals surface area contributed by atoms with Crippen molar-refractivity contribution in [3.63, 3.8) is 0 Å². The molecule has 1 heterocycles. The second-order valence-electron chi connectivity index (χ2n) is 6.71. The molecule has 1 aromatic rings. The standard InChI is InChI=1S/C15H23F3N2/c1-10-7-11-12(19)8-14(2,3)9-13(11)20(10)6-4-5-15(16,17)18/h7,12H,4-6,8-9,19H2,1-3H3. The molecule has 1 aliphatic carbocycles. The zero-order valence-electron chi connectivity index (χ0n) is 12.3. The Hall–Kier alpha value is -0.970. The highest BCUT2D eigenvalue weighted by Crippen LogP contribution is 2.41. The number of rotatable bonds is 3. The lowest BCUT2D eigenvalue weighted by molar-refractivity contribution is -0.135. The third-order valence-corrected chi connectivity index (χ3v) is 4.11. The van der Waals surface area contributed by atoms with Gasteiger partial charge in [-0.05, 0) is 43.2 Å². The minimum Gasteiger partial charge on any atom is -0.349 e. The number of nitrogens with zero attached hydrogens (tertiary/aromatic N) is 1. The van der Waals surface area contributed by atoms with Gasteiger partial charge in [-0.15, -0.1) is 0 Å². The summed E-state index contributed by atoms with van der Waals surface area (Å²) in [7, 11) is 0. The molecule has 2 rings (SSSR count). The van der Waals surface area contributed by atoms with Gasteiger partial charge in [0.05, 0.1) is 0 Å². The van der Waals surface area contributed by atoms with Crippen LogP contribution in [0, 0.1) is 12.3 Å². The van der Waals surface area contributed by atoms with Crippen molar-refractivity contribution in [3.8, 4) is 0 Å². The van der Waals surface area contributed by atoms with Gasteiger partial charge in [0.25, 0.3) is 0 Å². The molecule has 0 spiro atoms. The van der Waals surface area contributed by atoms with E-state index in [1.54, 1.807) is 0 Å². The third kappa shape index (κ3) is 3.37. The van der Waals surface area contributed by atoms with Crippen molar-refractivity contribution < 1.29 is 13.2 Å². The fraction of sp³-hybridized carbons (Fsp3) is 0.733. The highest BCUT2D eigenvalue weighted by atomic mass is 19.4. The molecule has 2 N–H and O–H groups in total. The largest absolute Gasteiger partial charge is 0.389 e. The van der Waals surface area contributed by atoms with Crippen LogP contribution in [0.4, 0.5) is 13.2 Å². The van der Waals surface area contributed by atoms with Crippen molar-refractivity contribution in [2.75, 3.05) is 0 Å². The van der Waals surface area contributed by atoms with E-state index in [1.165, 1.54) is 0 Å². The summed E-state index contributed by atoms with van der Waals surface area (Å²) < 4.78 is 38.9. The molecule has 2 nitrogen and oxygen atoms in total. The monoisotopic (exact) mass is 288 g/mol. The molecule has 1 aromatic heterocycles. The van der Waals surface area contributed by atoms with Crippen molar-refractivity contribution in [1.82, 2.24) is 4.57 Å². The second-order valence-corrected chi connectivity index (χ2v) is 6.71. The van der Waals surface area contributed by atoms with E-state index in [2.05, 4.69) is 13.8 Å². The van der Waals surface area contributed by atoms with Crippen LogP contribution in [0.15, 0.2) is 6.07 Å². The zero-order valence-corrected chi connectivity index (χ0v) is 12.3. The maximum atomic E-state index is 12.3. The molecule has 0 saturated heterocycles. The summed E-state index contributed by atoms with van der Waals surface area (Å²) >= 11 is 0. The van der Waals surface area contributed by atoms with Crippen molar-refractivity contribution in [3.05, 3.63) is 23.0 Å². The molecule has 0 fully saturated rings. The molecule has 0 bridgehead atoms. The fourth-order valence-corrected chi connectivity index (χ4v) is 3.25.